The summed E-state index contributed by atoms with van der Waals surface area (Å²) in [5.74, 6) is -2.28. The van der Waals surface area contributed by atoms with Crippen LogP contribution >= 0.6 is 15.9 Å². The van der Waals surface area contributed by atoms with Crippen molar-refractivity contribution in [3.8, 4) is 0 Å². The molecule has 0 N–H and O–H groups in total. The van der Waals surface area contributed by atoms with Gasteiger partial charge in [0, 0.05) is 5.56 Å². The lowest BCUT2D eigenvalue weighted by atomic mass is 10.1. The van der Waals surface area contributed by atoms with E-state index in [-0.39, 0.29) is 11.3 Å². The summed E-state index contributed by atoms with van der Waals surface area (Å²) in [6, 6.07) is 4.77. The van der Waals surface area contributed by atoms with Crippen LogP contribution in [0.3, 0.4) is 0 Å². The monoisotopic (exact) mass is 336 g/mol. The van der Waals surface area contributed by atoms with Gasteiger partial charge in [-0.3, -0.25) is 4.79 Å². The summed E-state index contributed by atoms with van der Waals surface area (Å²) in [7, 11) is 0. The van der Waals surface area contributed by atoms with E-state index in [1.54, 1.807) is 0 Å². The Morgan fingerprint density at radius 2 is 1.84 bits per heavy atom. The third-order valence-electron chi connectivity index (χ3n) is 2.33. The van der Waals surface area contributed by atoms with Crippen molar-refractivity contribution in [3.05, 3.63) is 57.7 Å². The molecule has 0 aliphatic rings. The molecule has 2 rings (SSSR count). The maximum Gasteiger partial charge on any atom is 0.419 e. The highest BCUT2D eigenvalue weighted by Crippen LogP contribution is 2.32. The summed E-state index contributed by atoms with van der Waals surface area (Å²) in [5, 5.41) is 0. The first-order chi connectivity index (χ1) is 8.79. The van der Waals surface area contributed by atoms with Gasteiger partial charge in [0.05, 0.1) is 5.56 Å². The van der Waals surface area contributed by atoms with E-state index in [0.29, 0.717) is 16.8 Å². The lowest BCUT2D eigenvalue weighted by molar-refractivity contribution is -0.140. The van der Waals surface area contributed by atoms with E-state index in [9.17, 15) is 22.4 Å². The Balaban J connectivity index is 2.38. The fraction of sp³-hybridized carbons (Fsp3) is 0.0833. The molecular formula is C12H5BrF4O2. The van der Waals surface area contributed by atoms with E-state index < -0.39 is 23.3 Å². The maximum atomic E-state index is 13.3. The highest BCUT2D eigenvalue weighted by Gasteiger charge is 2.34. The number of carbonyl (C=O) groups is 1. The molecule has 1 aromatic carbocycles. The van der Waals surface area contributed by atoms with Gasteiger partial charge in [-0.15, -0.1) is 0 Å². The first kappa shape index (κ1) is 13.8. The third kappa shape index (κ3) is 2.86. The predicted molar refractivity (Wildman–Crippen MR) is 61.2 cm³/mol. The van der Waals surface area contributed by atoms with Crippen LogP contribution in [0, 0.1) is 5.82 Å². The lowest BCUT2D eigenvalue weighted by Gasteiger charge is -2.08. The number of rotatable bonds is 2. The highest BCUT2D eigenvalue weighted by atomic mass is 79.9. The third-order valence-corrected chi connectivity index (χ3v) is 2.76. The van der Waals surface area contributed by atoms with E-state index in [1.807, 2.05) is 0 Å². The molecule has 0 aliphatic carbocycles. The van der Waals surface area contributed by atoms with Gasteiger partial charge in [-0.1, -0.05) is 6.07 Å². The average molecular weight is 337 g/mol. The summed E-state index contributed by atoms with van der Waals surface area (Å²) < 4.78 is 55.6. The number of halogens is 5. The van der Waals surface area contributed by atoms with Crippen molar-refractivity contribution < 1.29 is 26.8 Å². The molecule has 0 saturated heterocycles. The Hall–Kier alpha value is -1.63. The summed E-state index contributed by atoms with van der Waals surface area (Å²) >= 11 is 2.98. The van der Waals surface area contributed by atoms with Crippen molar-refractivity contribution in [1.29, 1.82) is 0 Å². The highest BCUT2D eigenvalue weighted by molar-refractivity contribution is 9.10. The Morgan fingerprint density at radius 3 is 2.32 bits per heavy atom. The fourth-order valence-electron chi connectivity index (χ4n) is 1.46. The molecule has 0 spiro atoms. The molecular weight excluding hydrogens is 332 g/mol. The predicted octanol–water partition coefficient (Wildman–Crippen LogP) is 4.43. The second-order valence-electron chi connectivity index (χ2n) is 3.63. The summed E-state index contributed by atoms with van der Waals surface area (Å²) in [5.41, 5.74) is -1.63. The maximum absolute atomic E-state index is 13.3. The van der Waals surface area contributed by atoms with Crippen molar-refractivity contribution in [2.45, 2.75) is 6.18 Å². The summed E-state index contributed by atoms with van der Waals surface area (Å²) in [6.45, 7) is 0. The van der Waals surface area contributed by atoms with Crippen LogP contribution < -0.4 is 0 Å². The zero-order chi connectivity index (χ0) is 14.2. The van der Waals surface area contributed by atoms with Gasteiger partial charge >= 0.3 is 6.18 Å². The molecule has 0 atom stereocenters. The Bertz CT molecular complexity index is 631. The largest absolute Gasteiger partial charge is 0.446 e. The van der Waals surface area contributed by atoms with E-state index in [0.717, 1.165) is 6.07 Å². The van der Waals surface area contributed by atoms with Crippen LogP contribution in [0.15, 0.2) is 39.4 Å². The number of hydrogen-bond donors (Lipinski definition) is 0. The zero-order valence-corrected chi connectivity index (χ0v) is 10.7. The topological polar surface area (TPSA) is 30.2 Å². The fourth-order valence-corrected chi connectivity index (χ4v) is 1.77. The van der Waals surface area contributed by atoms with Gasteiger partial charge < -0.3 is 4.42 Å². The molecule has 1 aromatic heterocycles. The van der Waals surface area contributed by atoms with Crippen LogP contribution in [0.5, 0.6) is 0 Å². The van der Waals surface area contributed by atoms with Gasteiger partial charge in [0.25, 0.3) is 0 Å². The van der Waals surface area contributed by atoms with Crippen LogP contribution in [-0.2, 0) is 6.18 Å². The standard InChI is InChI=1S/C12H5BrF4O2/c13-10-4-3-9(19-10)11(18)6-1-2-7(8(14)5-6)12(15,16)17/h1-5H. The molecule has 19 heavy (non-hydrogen) atoms. The Morgan fingerprint density at radius 1 is 1.16 bits per heavy atom. The van der Waals surface area contributed by atoms with E-state index >= 15 is 0 Å². The number of benzene rings is 1. The number of furan rings is 1. The molecule has 0 amide bonds. The van der Waals surface area contributed by atoms with Gasteiger partial charge in [0.1, 0.15) is 5.82 Å². The number of carbonyl (C=O) groups excluding carboxylic acids is 1. The quantitative estimate of drug-likeness (QED) is 0.599. The number of ketones is 1. The molecule has 2 nitrogen and oxygen atoms in total. The molecule has 100 valence electrons. The molecule has 0 fully saturated rings. The molecule has 0 radical (unpaired) electrons. The normalized spacial score (nSPS) is 11.6. The van der Waals surface area contributed by atoms with Crippen molar-refractivity contribution in [2.24, 2.45) is 0 Å². The van der Waals surface area contributed by atoms with Crippen molar-refractivity contribution in [2.75, 3.05) is 0 Å². The minimum atomic E-state index is -4.79. The van der Waals surface area contributed by atoms with Gasteiger partial charge in [-0.05, 0) is 40.2 Å². The first-order valence-corrected chi connectivity index (χ1v) is 5.75. The van der Waals surface area contributed by atoms with Crippen LogP contribution in [0.25, 0.3) is 0 Å². The van der Waals surface area contributed by atoms with E-state index in [1.165, 1.54) is 12.1 Å². The van der Waals surface area contributed by atoms with Crippen LogP contribution in [0.1, 0.15) is 21.7 Å². The molecule has 0 saturated carbocycles. The average Bonchev–Trinajstić information content (AvgIpc) is 2.73. The molecule has 0 unspecified atom stereocenters. The second kappa shape index (κ2) is 4.80. The van der Waals surface area contributed by atoms with Crippen molar-refractivity contribution >= 4 is 21.7 Å². The van der Waals surface area contributed by atoms with Crippen molar-refractivity contribution in [3.63, 3.8) is 0 Å². The zero-order valence-electron chi connectivity index (χ0n) is 9.09. The smallest absolute Gasteiger partial charge is 0.419 e. The van der Waals surface area contributed by atoms with Crippen LogP contribution in [0.4, 0.5) is 17.6 Å². The lowest BCUT2D eigenvalue weighted by Crippen LogP contribution is -2.09. The van der Waals surface area contributed by atoms with Crippen LogP contribution in [-0.4, -0.2) is 5.78 Å². The molecule has 0 aliphatic heterocycles. The van der Waals surface area contributed by atoms with Crippen LogP contribution in [0.2, 0.25) is 0 Å². The van der Waals surface area contributed by atoms with Gasteiger partial charge in [0.2, 0.25) is 5.78 Å². The van der Waals surface area contributed by atoms with Gasteiger partial charge in [-0.25, -0.2) is 4.39 Å². The Kier molecular flexibility index (Phi) is 3.49. The van der Waals surface area contributed by atoms with Gasteiger partial charge in [0.15, 0.2) is 10.4 Å². The minimum Gasteiger partial charge on any atom is -0.446 e. The van der Waals surface area contributed by atoms with E-state index in [4.69, 9.17) is 4.42 Å². The van der Waals surface area contributed by atoms with Gasteiger partial charge in [-0.2, -0.15) is 13.2 Å². The Labute approximate surface area is 113 Å². The molecule has 2 aromatic rings. The number of hydrogen-bond acceptors (Lipinski definition) is 2. The summed E-state index contributed by atoms with van der Waals surface area (Å²) in [4.78, 5) is 11.8. The second-order valence-corrected chi connectivity index (χ2v) is 4.41. The van der Waals surface area contributed by atoms with Crippen molar-refractivity contribution in [1.82, 2.24) is 0 Å². The molecule has 7 heteroatoms. The SMILES string of the molecule is O=C(c1ccc(C(F)(F)F)c(F)c1)c1ccc(Br)o1. The summed E-state index contributed by atoms with van der Waals surface area (Å²) in [6.07, 6.45) is -4.79. The minimum absolute atomic E-state index is 0.0916. The molecule has 1 heterocycles. The first-order valence-electron chi connectivity index (χ1n) is 4.96. The number of alkyl halides is 3. The van der Waals surface area contributed by atoms with E-state index in [2.05, 4.69) is 15.9 Å². The molecule has 0 bridgehead atoms.